The summed E-state index contributed by atoms with van der Waals surface area (Å²) in [4.78, 5) is 0.300. The van der Waals surface area contributed by atoms with Gasteiger partial charge in [0.15, 0.2) is 15.0 Å². The van der Waals surface area contributed by atoms with Crippen molar-refractivity contribution in [1.29, 1.82) is 0 Å². The number of aryl methyl sites for hydroxylation is 1. The summed E-state index contributed by atoms with van der Waals surface area (Å²) >= 11 is 7.44. The Morgan fingerprint density at radius 2 is 1.70 bits per heavy atom. The summed E-state index contributed by atoms with van der Waals surface area (Å²) in [7, 11) is -3.47. The smallest absolute Gasteiger partial charge is 0.191 e. The maximum Gasteiger partial charge on any atom is 0.191 e. The first-order valence-corrected chi connectivity index (χ1v) is 11.5. The van der Waals surface area contributed by atoms with Crippen molar-refractivity contribution in [3.63, 3.8) is 0 Å². The molecule has 0 aliphatic rings. The second kappa shape index (κ2) is 8.46. The molecule has 27 heavy (non-hydrogen) atoms. The second-order valence-electron chi connectivity index (χ2n) is 6.13. The van der Waals surface area contributed by atoms with Gasteiger partial charge in [-0.3, -0.25) is 0 Å². The van der Waals surface area contributed by atoms with Crippen LogP contribution < -0.4 is 0 Å². The molecule has 0 aliphatic heterocycles. The first-order valence-electron chi connectivity index (χ1n) is 8.48. The van der Waals surface area contributed by atoms with E-state index in [1.54, 1.807) is 24.3 Å². The topological polar surface area (TPSA) is 64.8 Å². The van der Waals surface area contributed by atoms with Crippen LogP contribution in [0.2, 0.25) is 5.02 Å². The zero-order chi connectivity index (χ0) is 19.4. The molecule has 3 rings (SSSR count). The molecule has 0 N–H and O–H groups in total. The Labute approximate surface area is 168 Å². The third-order valence-corrected chi connectivity index (χ3v) is 7.01. The Morgan fingerprint density at radius 3 is 2.33 bits per heavy atom. The lowest BCUT2D eigenvalue weighted by Gasteiger charge is -2.08. The van der Waals surface area contributed by atoms with Crippen molar-refractivity contribution in [2.45, 2.75) is 41.9 Å². The molecule has 1 aromatic heterocycles. The fourth-order valence-corrected chi connectivity index (χ4v) is 4.95. The molecule has 5 nitrogen and oxygen atoms in total. The number of benzene rings is 2. The van der Waals surface area contributed by atoms with Crippen molar-refractivity contribution in [2.75, 3.05) is 0 Å². The minimum atomic E-state index is -3.47. The molecule has 0 bridgehead atoms. The van der Waals surface area contributed by atoms with Crippen molar-refractivity contribution in [1.82, 2.24) is 14.8 Å². The van der Waals surface area contributed by atoms with E-state index in [0.717, 1.165) is 11.1 Å². The zero-order valence-electron chi connectivity index (χ0n) is 15.1. The first kappa shape index (κ1) is 19.9. The van der Waals surface area contributed by atoms with E-state index in [-0.39, 0.29) is 5.75 Å². The number of aromatic nitrogens is 3. The van der Waals surface area contributed by atoms with Crippen molar-refractivity contribution < 1.29 is 8.42 Å². The second-order valence-corrected chi connectivity index (χ2v) is 9.50. The highest BCUT2D eigenvalue weighted by molar-refractivity contribution is 7.98. The van der Waals surface area contributed by atoms with E-state index in [4.69, 9.17) is 11.6 Å². The van der Waals surface area contributed by atoms with Crippen LogP contribution in [0.25, 0.3) is 0 Å². The van der Waals surface area contributed by atoms with Gasteiger partial charge in [0.05, 0.1) is 4.90 Å². The Hall–Kier alpha value is -1.83. The third kappa shape index (κ3) is 4.91. The molecule has 0 saturated carbocycles. The average molecular weight is 422 g/mol. The van der Waals surface area contributed by atoms with Gasteiger partial charge in [0.2, 0.25) is 0 Å². The normalized spacial score (nSPS) is 11.7. The van der Waals surface area contributed by atoms with Crippen LogP contribution in [-0.2, 0) is 27.9 Å². The molecular formula is C19H20ClN3O2S2. The SMILES string of the molecule is CCn1c(CS(=O)(=O)c2ccc(C)cc2)nnc1SCc1ccc(Cl)cc1. The third-order valence-electron chi connectivity index (χ3n) is 4.09. The molecule has 142 valence electrons. The molecule has 0 saturated heterocycles. The number of thioether (sulfide) groups is 1. The van der Waals surface area contributed by atoms with E-state index in [1.165, 1.54) is 11.8 Å². The largest absolute Gasteiger partial charge is 0.305 e. The highest BCUT2D eigenvalue weighted by Gasteiger charge is 2.21. The Kier molecular flexibility index (Phi) is 6.24. The summed E-state index contributed by atoms with van der Waals surface area (Å²) < 4.78 is 27.3. The van der Waals surface area contributed by atoms with Gasteiger partial charge in [-0.2, -0.15) is 0 Å². The molecule has 0 fully saturated rings. The lowest BCUT2D eigenvalue weighted by Crippen LogP contribution is -2.11. The molecule has 1 heterocycles. The van der Waals surface area contributed by atoms with Crippen LogP contribution in [0.4, 0.5) is 0 Å². The molecule has 2 aromatic carbocycles. The fourth-order valence-electron chi connectivity index (χ4n) is 2.58. The quantitative estimate of drug-likeness (QED) is 0.524. The van der Waals surface area contributed by atoms with Gasteiger partial charge in [-0.15, -0.1) is 10.2 Å². The van der Waals surface area contributed by atoms with E-state index in [0.29, 0.717) is 33.2 Å². The number of hydrogen-bond donors (Lipinski definition) is 0. The number of sulfone groups is 1. The van der Waals surface area contributed by atoms with E-state index in [1.807, 2.05) is 42.7 Å². The Bertz CT molecular complexity index is 1010. The van der Waals surface area contributed by atoms with Crippen molar-refractivity contribution in [3.8, 4) is 0 Å². The minimum absolute atomic E-state index is 0.168. The molecule has 0 spiro atoms. The van der Waals surface area contributed by atoms with Gasteiger partial charge in [-0.1, -0.05) is 53.2 Å². The lowest BCUT2D eigenvalue weighted by molar-refractivity contribution is 0.588. The molecule has 0 radical (unpaired) electrons. The number of rotatable bonds is 7. The monoisotopic (exact) mass is 421 g/mol. The molecule has 0 atom stereocenters. The van der Waals surface area contributed by atoms with Gasteiger partial charge < -0.3 is 4.57 Å². The van der Waals surface area contributed by atoms with Crippen LogP contribution in [-0.4, -0.2) is 23.2 Å². The molecule has 0 amide bonds. The van der Waals surface area contributed by atoms with E-state index in [2.05, 4.69) is 10.2 Å². The summed E-state index contributed by atoms with van der Waals surface area (Å²) in [5.41, 5.74) is 2.13. The zero-order valence-corrected chi connectivity index (χ0v) is 17.5. The molecular weight excluding hydrogens is 402 g/mol. The van der Waals surface area contributed by atoms with Gasteiger partial charge in [-0.25, -0.2) is 8.42 Å². The minimum Gasteiger partial charge on any atom is -0.305 e. The fraction of sp³-hybridized carbons (Fsp3) is 0.263. The van der Waals surface area contributed by atoms with Crippen LogP contribution in [0.3, 0.4) is 0 Å². The van der Waals surface area contributed by atoms with E-state index in [9.17, 15) is 8.42 Å². The number of hydrogen-bond acceptors (Lipinski definition) is 5. The van der Waals surface area contributed by atoms with Gasteiger partial charge >= 0.3 is 0 Å². The van der Waals surface area contributed by atoms with Crippen molar-refractivity contribution in [3.05, 3.63) is 70.5 Å². The summed E-state index contributed by atoms with van der Waals surface area (Å²) in [6.07, 6.45) is 0. The average Bonchev–Trinajstić information content (AvgIpc) is 3.02. The lowest BCUT2D eigenvalue weighted by atomic mass is 10.2. The predicted octanol–water partition coefficient (Wildman–Crippen LogP) is 4.53. The Morgan fingerprint density at radius 1 is 1.04 bits per heavy atom. The first-order chi connectivity index (χ1) is 12.9. The van der Waals surface area contributed by atoms with Crippen LogP contribution >= 0.6 is 23.4 Å². The highest BCUT2D eigenvalue weighted by Crippen LogP contribution is 2.24. The molecule has 3 aromatic rings. The maximum atomic E-state index is 12.7. The predicted molar refractivity (Wildman–Crippen MR) is 109 cm³/mol. The van der Waals surface area contributed by atoms with Crippen LogP contribution in [0.1, 0.15) is 23.9 Å². The van der Waals surface area contributed by atoms with Crippen molar-refractivity contribution in [2.24, 2.45) is 0 Å². The van der Waals surface area contributed by atoms with Crippen LogP contribution in [0, 0.1) is 6.92 Å². The van der Waals surface area contributed by atoms with Crippen LogP contribution in [0.15, 0.2) is 58.6 Å². The molecule has 0 aliphatic carbocycles. The summed E-state index contributed by atoms with van der Waals surface area (Å²) in [5, 5.41) is 9.74. The van der Waals surface area contributed by atoms with Crippen LogP contribution in [0.5, 0.6) is 0 Å². The van der Waals surface area contributed by atoms with Gasteiger partial charge in [0, 0.05) is 17.3 Å². The van der Waals surface area contributed by atoms with Gasteiger partial charge in [0.1, 0.15) is 11.6 Å². The molecule has 0 unspecified atom stereocenters. The molecule has 8 heteroatoms. The summed E-state index contributed by atoms with van der Waals surface area (Å²) in [6.45, 7) is 4.49. The van der Waals surface area contributed by atoms with Crippen molar-refractivity contribution >= 4 is 33.2 Å². The summed E-state index contributed by atoms with van der Waals surface area (Å²) in [6, 6.07) is 14.5. The highest BCUT2D eigenvalue weighted by atomic mass is 35.5. The van der Waals surface area contributed by atoms with Gasteiger partial charge in [-0.05, 0) is 43.7 Å². The van der Waals surface area contributed by atoms with Gasteiger partial charge in [0.25, 0.3) is 0 Å². The number of halogens is 1. The summed E-state index contributed by atoms with van der Waals surface area (Å²) in [5.74, 6) is 0.995. The van der Waals surface area contributed by atoms with E-state index >= 15 is 0 Å². The standard InChI is InChI=1S/C19H20ClN3O2S2/c1-3-23-18(13-27(24,25)17-10-4-14(2)5-11-17)21-22-19(23)26-12-15-6-8-16(20)9-7-15/h4-11H,3,12-13H2,1-2H3. The van der Waals surface area contributed by atoms with E-state index < -0.39 is 9.84 Å². The maximum absolute atomic E-state index is 12.7. The number of nitrogens with zero attached hydrogens (tertiary/aromatic N) is 3. The Balaban J connectivity index is 1.77.